The van der Waals surface area contributed by atoms with Crippen molar-refractivity contribution >= 4 is 11.0 Å². The Balaban J connectivity index is 2.34. The zero-order valence-corrected chi connectivity index (χ0v) is 10.6. The summed E-state index contributed by atoms with van der Waals surface area (Å²) in [4.78, 5) is 4.38. The number of nitrogens with two attached hydrogens (primary N) is 1. The first-order valence-electron chi connectivity index (χ1n) is 5.95. The minimum Gasteiger partial charge on any atom is -0.334 e. The minimum atomic E-state index is 0.187. The highest BCUT2D eigenvalue weighted by Gasteiger charge is 2.12. The summed E-state index contributed by atoms with van der Waals surface area (Å²) < 4.78 is 2.03. The van der Waals surface area contributed by atoms with Gasteiger partial charge in [-0.2, -0.15) is 0 Å². The molecule has 17 heavy (non-hydrogen) atoms. The standard InChI is InChI=1S/C13H20N4/c1-9(14)6-11(15-2)10-4-5-13-12(7-10)16-8-17(13)3/h4-5,7-9,11,15H,6,14H2,1-3H3. The SMILES string of the molecule is CNC(CC(C)N)c1ccc2c(c1)ncn2C. The molecule has 0 saturated carbocycles. The van der Waals surface area contributed by atoms with Crippen LogP contribution in [0.2, 0.25) is 0 Å². The maximum Gasteiger partial charge on any atom is 0.0955 e. The van der Waals surface area contributed by atoms with Gasteiger partial charge in [-0.3, -0.25) is 0 Å². The van der Waals surface area contributed by atoms with Crippen molar-refractivity contribution in [2.75, 3.05) is 7.05 Å². The fraction of sp³-hybridized carbons (Fsp3) is 0.462. The van der Waals surface area contributed by atoms with Crippen molar-refractivity contribution in [2.45, 2.75) is 25.4 Å². The molecule has 0 aliphatic rings. The molecule has 0 aliphatic carbocycles. The fourth-order valence-corrected chi connectivity index (χ4v) is 2.16. The van der Waals surface area contributed by atoms with Crippen molar-refractivity contribution in [2.24, 2.45) is 12.8 Å². The van der Waals surface area contributed by atoms with E-state index in [1.165, 1.54) is 5.56 Å². The van der Waals surface area contributed by atoms with Gasteiger partial charge in [-0.1, -0.05) is 6.07 Å². The average molecular weight is 232 g/mol. The van der Waals surface area contributed by atoms with Gasteiger partial charge in [0, 0.05) is 19.1 Å². The number of imidazole rings is 1. The maximum absolute atomic E-state index is 5.86. The quantitative estimate of drug-likeness (QED) is 0.841. The molecular weight excluding hydrogens is 212 g/mol. The van der Waals surface area contributed by atoms with Crippen LogP contribution in [-0.2, 0) is 7.05 Å². The van der Waals surface area contributed by atoms with Gasteiger partial charge in [0.25, 0.3) is 0 Å². The van der Waals surface area contributed by atoms with E-state index in [1.54, 1.807) is 0 Å². The van der Waals surface area contributed by atoms with E-state index in [0.717, 1.165) is 17.5 Å². The maximum atomic E-state index is 5.86. The molecule has 4 heteroatoms. The van der Waals surface area contributed by atoms with Crippen molar-refractivity contribution in [3.63, 3.8) is 0 Å². The van der Waals surface area contributed by atoms with Crippen molar-refractivity contribution < 1.29 is 0 Å². The second kappa shape index (κ2) is 4.85. The second-order valence-corrected chi connectivity index (χ2v) is 4.66. The number of hydrogen-bond acceptors (Lipinski definition) is 3. The molecule has 1 aromatic heterocycles. The van der Waals surface area contributed by atoms with E-state index in [0.29, 0.717) is 6.04 Å². The summed E-state index contributed by atoms with van der Waals surface area (Å²) in [6.45, 7) is 2.03. The lowest BCUT2D eigenvalue weighted by Crippen LogP contribution is -2.25. The molecular formula is C13H20N4. The zero-order chi connectivity index (χ0) is 12.4. The van der Waals surface area contributed by atoms with Crippen molar-refractivity contribution in [1.82, 2.24) is 14.9 Å². The normalized spacial score (nSPS) is 15.1. The summed E-state index contributed by atoms with van der Waals surface area (Å²) in [5.74, 6) is 0. The highest BCUT2D eigenvalue weighted by Crippen LogP contribution is 2.22. The van der Waals surface area contributed by atoms with Crippen molar-refractivity contribution in [3.05, 3.63) is 30.1 Å². The van der Waals surface area contributed by atoms with Crippen LogP contribution in [0.5, 0.6) is 0 Å². The zero-order valence-electron chi connectivity index (χ0n) is 10.6. The number of aryl methyl sites for hydroxylation is 1. The molecule has 2 aromatic rings. The molecule has 0 fully saturated rings. The second-order valence-electron chi connectivity index (χ2n) is 4.66. The fourth-order valence-electron chi connectivity index (χ4n) is 2.16. The third-order valence-electron chi connectivity index (χ3n) is 3.11. The molecule has 4 nitrogen and oxygen atoms in total. The lowest BCUT2D eigenvalue weighted by Gasteiger charge is -2.18. The predicted molar refractivity (Wildman–Crippen MR) is 70.8 cm³/mol. The summed E-state index contributed by atoms with van der Waals surface area (Å²) in [6, 6.07) is 6.88. The molecule has 2 atom stereocenters. The van der Waals surface area contributed by atoms with Crippen LogP contribution in [-0.4, -0.2) is 22.6 Å². The van der Waals surface area contributed by atoms with Crippen LogP contribution in [0.3, 0.4) is 0 Å². The number of hydrogen-bond donors (Lipinski definition) is 2. The van der Waals surface area contributed by atoms with Gasteiger partial charge in [-0.15, -0.1) is 0 Å². The molecule has 3 N–H and O–H groups in total. The first kappa shape index (κ1) is 12.1. The van der Waals surface area contributed by atoms with Crippen LogP contribution in [0, 0.1) is 0 Å². The third-order valence-corrected chi connectivity index (χ3v) is 3.11. The Labute approximate surface area is 102 Å². The van der Waals surface area contributed by atoms with Gasteiger partial charge in [-0.25, -0.2) is 4.98 Å². The van der Waals surface area contributed by atoms with Crippen molar-refractivity contribution in [3.8, 4) is 0 Å². The van der Waals surface area contributed by atoms with Crippen LogP contribution in [0.1, 0.15) is 24.9 Å². The summed E-state index contributed by atoms with van der Waals surface area (Å²) in [5.41, 5.74) is 9.30. The molecule has 0 bridgehead atoms. The van der Waals surface area contributed by atoms with Gasteiger partial charge in [0.2, 0.25) is 0 Å². The van der Waals surface area contributed by atoms with Crippen molar-refractivity contribution in [1.29, 1.82) is 0 Å². The summed E-state index contributed by atoms with van der Waals surface area (Å²) in [5, 5.41) is 3.31. The molecule has 0 amide bonds. The lowest BCUT2D eigenvalue weighted by atomic mass is 10.00. The predicted octanol–water partition coefficient (Wildman–Crippen LogP) is 1.57. The highest BCUT2D eigenvalue weighted by atomic mass is 15.0. The van der Waals surface area contributed by atoms with Crippen LogP contribution in [0.15, 0.2) is 24.5 Å². The van der Waals surface area contributed by atoms with E-state index in [1.807, 2.05) is 31.9 Å². The Hall–Kier alpha value is -1.39. The van der Waals surface area contributed by atoms with Crippen LogP contribution in [0.25, 0.3) is 11.0 Å². The Morgan fingerprint density at radius 2 is 2.24 bits per heavy atom. The summed E-state index contributed by atoms with van der Waals surface area (Å²) in [7, 11) is 3.97. The largest absolute Gasteiger partial charge is 0.334 e. The lowest BCUT2D eigenvalue weighted by molar-refractivity contribution is 0.499. The Morgan fingerprint density at radius 3 is 2.88 bits per heavy atom. The van der Waals surface area contributed by atoms with Crippen LogP contribution >= 0.6 is 0 Å². The van der Waals surface area contributed by atoms with Gasteiger partial charge in [0.15, 0.2) is 0 Å². The van der Waals surface area contributed by atoms with Gasteiger partial charge in [0.05, 0.1) is 17.4 Å². The molecule has 1 aromatic carbocycles. The molecule has 2 rings (SSSR count). The number of benzene rings is 1. The Kier molecular flexibility index (Phi) is 3.45. The Bertz CT molecular complexity index is 501. The molecule has 92 valence electrons. The van der Waals surface area contributed by atoms with E-state index in [-0.39, 0.29) is 6.04 Å². The van der Waals surface area contributed by atoms with Crippen LogP contribution < -0.4 is 11.1 Å². The molecule has 0 spiro atoms. The van der Waals surface area contributed by atoms with Crippen LogP contribution in [0.4, 0.5) is 0 Å². The van der Waals surface area contributed by atoms with E-state index in [4.69, 9.17) is 5.73 Å². The first-order valence-corrected chi connectivity index (χ1v) is 5.95. The smallest absolute Gasteiger partial charge is 0.0955 e. The van der Waals surface area contributed by atoms with Gasteiger partial charge < -0.3 is 15.6 Å². The van der Waals surface area contributed by atoms with E-state index < -0.39 is 0 Å². The number of aromatic nitrogens is 2. The molecule has 1 heterocycles. The van der Waals surface area contributed by atoms with E-state index in [2.05, 4.69) is 28.5 Å². The van der Waals surface area contributed by atoms with E-state index >= 15 is 0 Å². The molecule has 0 radical (unpaired) electrons. The van der Waals surface area contributed by atoms with Gasteiger partial charge in [0.1, 0.15) is 0 Å². The number of nitrogens with zero attached hydrogens (tertiary/aromatic N) is 2. The summed E-state index contributed by atoms with van der Waals surface area (Å²) in [6.07, 6.45) is 2.77. The van der Waals surface area contributed by atoms with Gasteiger partial charge in [-0.05, 0) is 38.1 Å². The average Bonchev–Trinajstić information content (AvgIpc) is 2.67. The third kappa shape index (κ3) is 2.48. The van der Waals surface area contributed by atoms with E-state index in [9.17, 15) is 0 Å². The first-order chi connectivity index (χ1) is 8.11. The Morgan fingerprint density at radius 1 is 1.47 bits per heavy atom. The highest BCUT2D eigenvalue weighted by molar-refractivity contribution is 5.76. The topological polar surface area (TPSA) is 55.9 Å². The number of fused-ring (bicyclic) bond motifs is 1. The molecule has 0 saturated heterocycles. The minimum absolute atomic E-state index is 0.187. The summed E-state index contributed by atoms with van der Waals surface area (Å²) >= 11 is 0. The molecule has 0 aliphatic heterocycles. The monoisotopic (exact) mass is 232 g/mol. The van der Waals surface area contributed by atoms with Gasteiger partial charge >= 0.3 is 0 Å². The number of nitrogens with one attached hydrogen (secondary N) is 1. The number of rotatable bonds is 4. The molecule has 2 unspecified atom stereocenters.